The van der Waals surface area contributed by atoms with E-state index in [0.717, 1.165) is 10.5 Å². The molecule has 1 amide bonds. The van der Waals surface area contributed by atoms with E-state index in [2.05, 4.69) is 5.32 Å². The van der Waals surface area contributed by atoms with Crippen molar-refractivity contribution in [3.63, 3.8) is 0 Å². The number of methoxy groups -OCH3 is 1. The first kappa shape index (κ1) is 19.1. The zero-order valence-corrected chi connectivity index (χ0v) is 15.4. The van der Waals surface area contributed by atoms with E-state index in [4.69, 9.17) is 21.1 Å². The highest BCUT2D eigenvalue weighted by atomic mass is 35.5. The number of thioether (sulfide) groups is 1. The molecule has 0 saturated carbocycles. The lowest BCUT2D eigenvalue weighted by molar-refractivity contribution is -0.144. The van der Waals surface area contributed by atoms with Crippen LogP contribution >= 0.6 is 23.4 Å². The Balaban J connectivity index is 1.76. The number of carbonyl (C=O) groups is 2. The quantitative estimate of drug-likeness (QED) is 0.583. The highest BCUT2D eigenvalue weighted by molar-refractivity contribution is 8.00. The monoisotopic (exact) mass is 379 g/mol. The van der Waals surface area contributed by atoms with Gasteiger partial charge in [-0.3, -0.25) is 9.59 Å². The minimum absolute atomic E-state index is 0.145. The molecule has 1 N–H and O–H groups in total. The molecular weight excluding hydrogens is 362 g/mol. The molecule has 132 valence electrons. The number of ether oxygens (including phenoxy) is 2. The van der Waals surface area contributed by atoms with Crippen molar-refractivity contribution in [2.45, 2.75) is 11.8 Å². The van der Waals surface area contributed by atoms with E-state index in [1.54, 1.807) is 18.2 Å². The van der Waals surface area contributed by atoms with Crippen molar-refractivity contribution in [3.05, 3.63) is 53.1 Å². The van der Waals surface area contributed by atoms with Gasteiger partial charge in [0, 0.05) is 10.6 Å². The Hall–Kier alpha value is -2.18. The van der Waals surface area contributed by atoms with Crippen LogP contribution < -0.4 is 10.1 Å². The number of halogens is 1. The summed E-state index contributed by atoms with van der Waals surface area (Å²) in [5, 5.41) is 2.99. The highest BCUT2D eigenvalue weighted by Gasteiger charge is 2.10. The maximum absolute atomic E-state index is 11.8. The summed E-state index contributed by atoms with van der Waals surface area (Å²) in [6.07, 6.45) is 0. The predicted molar refractivity (Wildman–Crippen MR) is 99.5 cm³/mol. The topological polar surface area (TPSA) is 64.6 Å². The standard InChI is InChI=1S/C18H18ClNO4S/c1-12-5-3-4-6-16(12)25-11-18(22)24-10-17(21)20-13-7-8-15(23-2)14(19)9-13/h3-9H,10-11H2,1-2H3,(H,20,21). The summed E-state index contributed by atoms with van der Waals surface area (Å²) < 4.78 is 10.0. The van der Waals surface area contributed by atoms with Gasteiger partial charge in [0.05, 0.1) is 17.9 Å². The van der Waals surface area contributed by atoms with E-state index >= 15 is 0 Å². The lowest BCUT2D eigenvalue weighted by Gasteiger charge is -2.09. The van der Waals surface area contributed by atoms with Gasteiger partial charge in [0.25, 0.3) is 5.91 Å². The molecular formula is C18H18ClNO4S. The molecule has 0 aliphatic rings. The molecule has 0 heterocycles. The molecule has 0 spiro atoms. The number of hydrogen-bond donors (Lipinski definition) is 1. The van der Waals surface area contributed by atoms with E-state index in [0.29, 0.717) is 16.5 Å². The fraction of sp³-hybridized carbons (Fsp3) is 0.222. The fourth-order valence-corrected chi connectivity index (χ4v) is 3.07. The molecule has 0 saturated heterocycles. The van der Waals surface area contributed by atoms with Gasteiger partial charge in [0.2, 0.25) is 0 Å². The van der Waals surface area contributed by atoms with E-state index < -0.39 is 11.9 Å². The number of aryl methyl sites for hydroxylation is 1. The molecule has 0 aromatic heterocycles. The molecule has 0 fully saturated rings. The molecule has 0 aliphatic heterocycles. The number of esters is 1. The molecule has 7 heteroatoms. The van der Waals surface area contributed by atoms with Crippen LogP contribution in [-0.4, -0.2) is 31.3 Å². The average Bonchev–Trinajstić information content (AvgIpc) is 2.59. The van der Waals surface area contributed by atoms with E-state index in [1.165, 1.54) is 18.9 Å². The summed E-state index contributed by atoms with van der Waals surface area (Å²) in [5.74, 6) is -0.224. The van der Waals surface area contributed by atoms with Crippen LogP contribution in [0.4, 0.5) is 5.69 Å². The second kappa shape index (κ2) is 9.34. The van der Waals surface area contributed by atoms with Crippen LogP contribution in [0.15, 0.2) is 47.4 Å². The normalized spacial score (nSPS) is 10.2. The largest absolute Gasteiger partial charge is 0.495 e. The smallest absolute Gasteiger partial charge is 0.316 e. The number of nitrogens with one attached hydrogen (secondary N) is 1. The Labute approximate surface area is 155 Å². The van der Waals surface area contributed by atoms with Gasteiger partial charge in [-0.15, -0.1) is 11.8 Å². The van der Waals surface area contributed by atoms with E-state index in [-0.39, 0.29) is 12.4 Å². The van der Waals surface area contributed by atoms with Crippen LogP contribution in [0.5, 0.6) is 5.75 Å². The van der Waals surface area contributed by atoms with Crippen LogP contribution in [-0.2, 0) is 14.3 Å². The van der Waals surface area contributed by atoms with Gasteiger partial charge in [-0.1, -0.05) is 29.8 Å². The van der Waals surface area contributed by atoms with Crippen molar-refractivity contribution in [1.29, 1.82) is 0 Å². The SMILES string of the molecule is COc1ccc(NC(=O)COC(=O)CSc2ccccc2C)cc1Cl. The molecule has 0 radical (unpaired) electrons. The Kier molecular flexibility index (Phi) is 7.16. The second-order valence-electron chi connectivity index (χ2n) is 5.11. The Morgan fingerprint density at radius 2 is 1.96 bits per heavy atom. The van der Waals surface area contributed by atoms with E-state index in [9.17, 15) is 9.59 Å². The summed E-state index contributed by atoms with van der Waals surface area (Å²) in [4.78, 5) is 24.6. The maximum Gasteiger partial charge on any atom is 0.316 e. The molecule has 2 rings (SSSR count). The van der Waals surface area contributed by atoms with Crippen molar-refractivity contribution in [2.24, 2.45) is 0 Å². The van der Waals surface area contributed by atoms with Crippen molar-refractivity contribution in [3.8, 4) is 5.75 Å². The van der Waals surface area contributed by atoms with Crippen molar-refractivity contribution in [1.82, 2.24) is 0 Å². The fourth-order valence-electron chi connectivity index (χ4n) is 1.98. The van der Waals surface area contributed by atoms with Crippen LogP contribution in [0.25, 0.3) is 0 Å². The summed E-state index contributed by atoms with van der Waals surface area (Å²) in [7, 11) is 1.51. The number of anilines is 1. The zero-order chi connectivity index (χ0) is 18.2. The Bertz CT molecular complexity index is 766. The van der Waals surface area contributed by atoms with Gasteiger partial charge >= 0.3 is 5.97 Å². The molecule has 0 aliphatic carbocycles. The van der Waals surface area contributed by atoms with Crippen LogP contribution in [0.2, 0.25) is 5.02 Å². The van der Waals surface area contributed by atoms with Crippen molar-refractivity contribution < 1.29 is 19.1 Å². The van der Waals surface area contributed by atoms with Crippen LogP contribution in [0, 0.1) is 6.92 Å². The third-order valence-corrected chi connectivity index (χ3v) is 4.68. The highest BCUT2D eigenvalue weighted by Crippen LogP contribution is 2.27. The number of amides is 1. The second-order valence-corrected chi connectivity index (χ2v) is 6.54. The molecule has 5 nitrogen and oxygen atoms in total. The first-order chi connectivity index (χ1) is 12.0. The van der Waals surface area contributed by atoms with Gasteiger partial charge in [0.1, 0.15) is 5.75 Å². The van der Waals surface area contributed by atoms with Gasteiger partial charge in [-0.05, 0) is 36.8 Å². The molecule has 0 unspecified atom stereocenters. The zero-order valence-electron chi connectivity index (χ0n) is 13.9. The molecule has 0 atom stereocenters. The number of hydrogen-bond acceptors (Lipinski definition) is 5. The average molecular weight is 380 g/mol. The molecule has 0 bridgehead atoms. The maximum atomic E-state index is 11.8. The molecule has 25 heavy (non-hydrogen) atoms. The number of rotatable bonds is 7. The lowest BCUT2D eigenvalue weighted by Crippen LogP contribution is -2.21. The number of carbonyl (C=O) groups excluding carboxylic acids is 2. The van der Waals surface area contributed by atoms with Crippen LogP contribution in [0.3, 0.4) is 0 Å². The first-order valence-corrected chi connectivity index (χ1v) is 8.83. The van der Waals surface area contributed by atoms with Crippen LogP contribution in [0.1, 0.15) is 5.56 Å². The summed E-state index contributed by atoms with van der Waals surface area (Å²) >= 11 is 7.37. The molecule has 2 aromatic carbocycles. The van der Waals surface area contributed by atoms with Crippen molar-refractivity contribution in [2.75, 3.05) is 24.8 Å². The van der Waals surface area contributed by atoms with E-state index in [1.807, 2.05) is 31.2 Å². The minimum atomic E-state index is -0.448. The summed E-state index contributed by atoms with van der Waals surface area (Å²) in [6.45, 7) is 1.62. The first-order valence-electron chi connectivity index (χ1n) is 7.47. The van der Waals surface area contributed by atoms with Gasteiger partial charge in [-0.2, -0.15) is 0 Å². The van der Waals surface area contributed by atoms with Gasteiger partial charge < -0.3 is 14.8 Å². The summed E-state index contributed by atoms with van der Waals surface area (Å²) in [6, 6.07) is 12.6. The van der Waals surface area contributed by atoms with Gasteiger partial charge in [-0.25, -0.2) is 0 Å². The Morgan fingerprint density at radius 1 is 1.20 bits per heavy atom. The number of benzene rings is 2. The van der Waals surface area contributed by atoms with Gasteiger partial charge in [0.15, 0.2) is 6.61 Å². The third kappa shape index (κ3) is 5.99. The summed E-state index contributed by atoms with van der Waals surface area (Å²) in [5.41, 5.74) is 1.59. The van der Waals surface area contributed by atoms with Crippen molar-refractivity contribution >= 4 is 40.9 Å². The lowest BCUT2D eigenvalue weighted by atomic mass is 10.2. The minimum Gasteiger partial charge on any atom is -0.495 e. The Morgan fingerprint density at radius 3 is 2.64 bits per heavy atom. The molecule has 2 aromatic rings. The predicted octanol–water partition coefficient (Wildman–Crippen LogP) is 3.93. The third-order valence-electron chi connectivity index (χ3n) is 3.24.